The molecule has 4 nitrogen and oxygen atoms in total. The van der Waals surface area contributed by atoms with Gasteiger partial charge >= 0.3 is 0 Å². The number of nitrogens with zero attached hydrogens (tertiary/aromatic N) is 1. The van der Waals surface area contributed by atoms with E-state index in [-0.39, 0.29) is 11.6 Å². The Hall–Kier alpha value is -1.71. The fourth-order valence-electron chi connectivity index (χ4n) is 3.68. The number of fused-ring (bicyclic) bond motifs is 1. The topological polar surface area (TPSA) is 45.7 Å². The summed E-state index contributed by atoms with van der Waals surface area (Å²) in [5, 5.41) is 6.98. The predicted octanol–water partition coefficient (Wildman–Crippen LogP) is 3.40. The maximum absolute atomic E-state index is 6.41. The second-order valence-corrected chi connectivity index (χ2v) is 6.43. The Kier molecular flexibility index (Phi) is 4.55. The first-order valence-corrected chi connectivity index (χ1v) is 8.51. The third-order valence-corrected chi connectivity index (χ3v) is 4.79. The van der Waals surface area contributed by atoms with E-state index < -0.39 is 0 Å². The molecule has 1 heterocycles. The summed E-state index contributed by atoms with van der Waals surface area (Å²) in [7, 11) is 1.83. The molecule has 22 heavy (non-hydrogen) atoms. The van der Waals surface area contributed by atoms with Gasteiger partial charge in [-0.3, -0.25) is 4.99 Å². The largest absolute Gasteiger partial charge is 0.487 e. The number of benzene rings is 1. The van der Waals surface area contributed by atoms with Gasteiger partial charge in [-0.2, -0.15) is 0 Å². The maximum atomic E-state index is 6.41. The molecule has 0 amide bonds. The molecule has 0 bridgehead atoms. The average Bonchev–Trinajstić information content (AvgIpc) is 2.98. The molecule has 1 aliphatic heterocycles. The van der Waals surface area contributed by atoms with Crippen LogP contribution in [0.25, 0.3) is 0 Å². The lowest BCUT2D eigenvalue weighted by molar-refractivity contribution is 0.0396. The molecule has 1 saturated carbocycles. The number of guanidine groups is 1. The van der Waals surface area contributed by atoms with Crippen molar-refractivity contribution in [2.24, 2.45) is 4.99 Å². The monoisotopic (exact) mass is 301 g/mol. The van der Waals surface area contributed by atoms with E-state index in [1.54, 1.807) is 0 Å². The number of hydrogen-bond acceptors (Lipinski definition) is 2. The Morgan fingerprint density at radius 3 is 2.82 bits per heavy atom. The van der Waals surface area contributed by atoms with Crippen LogP contribution in [-0.2, 0) is 0 Å². The molecule has 0 saturated heterocycles. The summed E-state index contributed by atoms with van der Waals surface area (Å²) < 4.78 is 6.41. The van der Waals surface area contributed by atoms with Gasteiger partial charge in [0.25, 0.3) is 0 Å². The zero-order valence-electron chi connectivity index (χ0n) is 13.7. The standard InChI is InChI=1S/C18H27N3O/c1-3-12-20-17(19-2)21-15-13-18(10-6-7-11-18)22-16-9-5-4-8-14(15)16/h4-5,8-9,15H,3,6-7,10-13H2,1-2H3,(H2,19,20,21). The molecule has 1 aromatic rings. The summed E-state index contributed by atoms with van der Waals surface area (Å²) in [5.74, 6) is 1.93. The van der Waals surface area contributed by atoms with Crippen molar-refractivity contribution in [3.63, 3.8) is 0 Å². The van der Waals surface area contributed by atoms with Crippen molar-refractivity contribution in [3.05, 3.63) is 29.8 Å². The number of para-hydroxylation sites is 1. The molecule has 1 spiro atoms. The van der Waals surface area contributed by atoms with E-state index in [0.717, 1.165) is 31.1 Å². The Labute approximate surface area is 133 Å². The minimum atomic E-state index is 0.0234. The summed E-state index contributed by atoms with van der Waals surface area (Å²) in [5.41, 5.74) is 1.27. The molecule has 0 radical (unpaired) electrons. The van der Waals surface area contributed by atoms with Gasteiger partial charge in [0.15, 0.2) is 5.96 Å². The molecule has 120 valence electrons. The maximum Gasteiger partial charge on any atom is 0.191 e. The lowest BCUT2D eigenvalue weighted by Gasteiger charge is -2.40. The zero-order chi connectivity index (χ0) is 15.4. The molecule has 1 aromatic carbocycles. The van der Waals surface area contributed by atoms with Crippen molar-refractivity contribution in [1.29, 1.82) is 0 Å². The van der Waals surface area contributed by atoms with Gasteiger partial charge in [-0.25, -0.2) is 0 Å². The molecule has 4 heteroatoms. The van der Waals surface area contributed by atoms with E-state index in [4.69, 9.17) is 4.74 Å². The minimum absolute atomic E-state index is 0.0234. The Balaban J connectivity index is 1.82. The third kappa shape index (κ3) is 3.06. The average molecular weight is 301 g/mol. The van der Waals surface area contributed by atoms with Gasteiger partial charge in [0, 0.05) is 25.6 Å². The van der Waals surface area contributed by atoms with Crippen LogP contribution in [0.4, 0.5) is 0 Å². The minimum Gasteiger partial charge on any atom is -0.487 e. The van der Waals surface area contributed by atoms with Crippen molar-refractivity contribution < 1.29 is 4.74 Å². The van der Waals surface area contributed by atoms with Crippen molar-refractivity contribution in [2.75, 3.05) is 13.6 Å². The summed E-state index contributed by atoms with van der Waals surface area (Å²) in [6.07, 6.45) is 7.00. The number of hydrogen-bond donors (Lipinski definition) is 2. The first-order valence-electron chi connectivity index (χ1n) is 8.51. The van der Waals surface area contributed by atoms with Crippen LogP contribution in [0.1, 0.15) is 57.1 Å². The molecule has 1 fully saturated rings. The van der Waals surface area contributed by atoms with Crippen molar-refractivity contribution in [3.8, 4) is 5.75 Å². The third-order valence-electron chi connectivity index (χ3n) is 4.79. The van der Waals surface area contributed by atoms with Gasteiger partial charge < -0.3 is 15.4 Å². The van der Waals surface area contributed by atoms with Crippen LogP contribution in [-0.4, -0.2) is 25.2 Å². The molecular formula is C18H27N3O. The fourth-order valence-corrected chi connectivity index (χ4v) is 3.68. The quantitative estimate of drug-likeness (QED) is 0.664. The predicted molar refractivity (Wildman–Crippen MR) is 90.4 cm³/mol. The van der Waals surface area contributed by atoms with Gasteiger partial charge in [-0.1, -0.05) is 25.1 Å². The van der Waals surface area contributed by atoms with E-state index >= 15 is 0 Å². The van der Waals surface area contributed by atoms with Crippen LogP contribution in [0.5, 0.6) is 5.75 Å². The lowest BCUT2D eigenvalue weighted by atomic mass is 9.86. The van der Waals surface area contributed by atoms with E-state index in [1.165, 1.54) is 31.2 Å². The molecule has 3 rings (SSSR count). The van der Waals surface area contributed by atoms with E-state index in [2.05, 4.69) is 46.8 Å². The van der Waals surface area contributed by atoms with E-state index in [0.29, 0.717) is 0 Å². The molecule has 1 aliphatic carbocycles. The second-order valence-electron chi connectivity index (χ2n) is 6.43. The second kappa shape index (κ2) is 6.59. The van der Waals surface area contributed by atoms with Crippen molar-refractivity contribution in [2.45, 2.75) is 57.1 Å². The van der Waals surface area contributed by atoms with Crippen LogP contribution >= 0.6 is 0 Å². The first-order chi connectivity index (χ1) is 10.8. The van der Waals surface area contributed by atoms with Crippen molar-refractivity contribution >= 4 is 5.96 Å². The van der Waals surface area contributed by atoms with Crippen LogP contribution < -0.4 is 15.4 Å². The van der Waals surface area contributed by atoms with E-state index in [9.17, 15) is 0 Å². The number of aliphatic imine (C=N–C) groups is 1. The normalized spacial score (nSPS) is 23.0. The highest BCUT2D eigenvalue weighted by Crippen LogP contribution is 2.46. The van der Waals surface area contributed by atoms with E-state index in [1.807, 2.05) is 7.05 Å². The Morgan fingerprint density at radius 1 is 1.32 bits per heavy atom. The van der Waals surface area contributed by atoms with Gasteiger partial charge in [0.1, 0.15) is 11.4 Å². The molecular weight excluding hydrogens is 274 g/mol. The highest BCUT2D eigenvalue weighted by molar-refractivity contribution is 5.80. The van der Waals surface area contributed by atoms with Crippen molar-refractivity contribution in [1.82, 2.24) is 10.6 Å². The number of nitrogens with one attached hydrogen (secondary N) is 2. The number of ether oxygens (including phenoxy) is 1. The molecule has 1 unspecified atom stereocenters. The molecule has 1 atom stereocenters. The van der Waals surface area contributed by atoms with Gasteiger partial charge in [0.2, 0.25) is 0 Å². The highest BCUT2D eigenvalue weighted by Gasteiger charge is 2.43. The van der Waals surface area contributed by atoms with Gasteiger partial charge in [0.05, 0.1) is 6.04 Å². The van der Waals surface area contributed by atoms with Crippen LogP contribution in [0.3, 0.4) is 0 Å². The molecule has 2 N–H and O–H groups in total. The summed E-state index contributed by atoms with van der Waals surface area (Å²) in [4.78, 5) is 4.36. The summed E-state index contributed by atoms with van der Waals surface area (Å²) in [6.45, 7) is 3.10. The Morgan fingerprint density at radius 2 is 2.09 bits per heavy atom. The zero-order valence-corrected chi connectivity index (χ0v) is 13.7. The van der Waals surface area contributed by atoms with Crippen LogP contribution in [0.15, 0.2) is 29.3 Å². The highest BCUT2D eigenvalue weighted by atomic mass is 16.5. The van der Waals surface area contributed by atoms with Crippen LogP contribution in [0, 0.1) is 0 Å². The SMILES string of the molecule is CCCNC(=NC)NC1CC2(CCCC2)Oc2ccccc21. The van der Waals surface area contributed by atoms with Crippen LogP contribution in [0.2, 0.25) is 0 Å². The molecule has 2 aliphatic rings. The smallest absolute Gasteiger partial charge is 0.191 e. The molecule has 0 aromatic heterocycles. The summed E-state index contributed by atoms with van der Waals surface area (Å²) >= 11 is 0. The van der Waals surface area contributed by atoms with Gasteiger partial charge in [-0.15, -0.1) is 0 Å². The fraction of sp³-hybridized carbons (Fsp3) is 0.611. The Bertz CT molecular complexity index is 535. The van der Waals surface area contributed by atoms with Gasteiger partial charge in [-0.05, 0) is 38.2 Å². The first kappa shape index (κ1) is 15.2. The number of rotatable bonds is 3. The lowest BCUT2D eigenvalue weighted by Crippen LogP contribution is -2.46. The summed E-state index contributed by atoms with van der Waals surface area (Å²) in [6, 6.07) is 8.69.